The zero-order chi connectivity index (χ0) is 50.6. The molecule has 3 N–H and O–H groups in total. The molecule has 2 aliphatic rings. The van der Waals surface area contributed by atoms with E-state index in [9.17, 15) is 19.8 Å². The van der Waals surface area contributed by atoms with E-state index >= 15 is 0 Å². The monoisotopic (exact) mass is 1270 g/mol. The van der Waals surface area contributed by atoms with E-state index in [4.69, 9.17) is 28.9 Å². The van der Waals surface area contributed by atoms with Crippen LogP contribution in [0, 0.1) is 0 Å². The molecule has 16 heteroatoms. The van der Waals surface area contributed by atoms with Crippen molar-refractivity contribution < 1.29 is 193 Å². The molecule has 370 valence electrons. The number of carbonyl (C=O) groups excluding carboxylic acids is 1. The zero-order valence-electron chi connectivity index (χ0n) is 43.7. The number of hydrogen-bond donors (Lipinski definition) is 3. The fourth-order valence-corrected chi connectivity index (χ4v) is 9.40. The number of aliphatic carboxylic acids is 2. The molecule has 2 unspecified atom stereocenters. The summed E-state index contributed by atoms with van der Waals surface area (Å²) in [5.41, 5.74) is 12.4. The van der Waals surface area contributed by atoms with Gasteiger partial charge in [0.25, 0.3) is 6.47 Å². The minimum Gasteiger partial charge on any atom is -1.00 e. The Bertz CT molecular complexity index is 2610. The summed E-state index contributed by atoms with van der Waals surface area (Å²) >= 11 is 3.55. The van der Waals surface area contributed by atoms with Gasteiger partial charge in [0.2, 0.25) is 0 Å². The molecular weight excluding hydrogens is 1210 g/mol. The van der Waals surface area contributed by atoms with Crippen LogP contribution in [-0.2, 0) is 52.9 Å². The van der Waals surface area contributed by atoms with Crippen molar-refractivity contribution in [2.45, 2.75) is 139 Å². The third kappa shape index (κ3) is 18.0. The number of halogens is 1. The van der Waals surface area contributed by atoms with E-state index in [0.717, 1.165) is 27.8 Å². The minimum atomic E-state index is -0.911. The van der Waals surface area contributed by atoms with E-state index in [-0.39, 0.29) is 187 Å². The summed E-state index contributed by atoms with van der Waals surface area (Å²) in [6.45, 7) is 19.1. The summed E-state index contributed by atoms with van der Waals surface area (Å²) in [6, 6.07) is 31.0. The van der Waals surface area contributed by atoms with Gasteiger partial charge in [0.1, 0.15) is 30.6 Å². The second kappa shape index (κ2) is 28.7. The van der Waals surface area contributed by atoms with E-state index in [1.165, 1.54) is 67.0 Å². The molecule has 2 heterocycles. The van der Waals surface area contributed by atoms with Crippen LogP contribution in [0.2, 0.25) is 0 Å². The first-order chi connectivity index (χ1) is 32.6. The molecule has 0 radical (unpaired) electrons. The van der Waals surface area contributed by atoms with Gasteiger partial charge in [-0.3, -0.25) is 14.4 Å². The summed E-state index contributed by atoms with van der Waals surface area (Å²) in [4.78, 5) is 33.4. The maximum absolute atomic E-state index is 11.3. The number of carboxylic acid groups (broad SMARTS) is 2. The van der Waals surface area contributed by atoms with Gasteiger partial charge in [-0.25, -0.2) is 0 Å². The third-order valence-corrected chi connectivity index (χ3v) is 14.0. The van der Waals surface area contributed by atoms with Crippen LogP contribution < -0.4 is 148 Å². The van der Waals surface area contributed by atoms with Gasteiger partial charge in [-0.1, -0.05) is 142 Å². The number of alkyl halides is 1. The Kier molecular flexibility index (Phi) is 25.5. The number of benzene rings is 4. The van der Waals surface area contributed by atoms with Crippen LogP contribution in [0.4, 0.5) is 0 Å². The summed E-state index contributed by atoms with van der Waals surface area (Å²) in [7, 11) is 0. The molecule has 0 spiro atoms. The van der Waals surface area contributed by atoms with Crippen molar-refractivity contribution in [3.05, 3.63) is 165 Å². The van der Waals surface area contributed by atoms with E-state index < -0.39 is 11.9 Å². The molecule has 0 amide bonds. The predicted molar refractivity (Wildman–Crippen MR) is 264 cm³/mol. The summed E-state index contributed by atoms with van der Waals surface area (Å²) in [5.74, 6) is -1.62. The topological polar surface area (TPSA) is 205 Å². The van der Waals surface area contributed by atoms with Crippen molar-refractivity contribution in [1.82, 2.24) is 10.3 Å². The maximum Gasteiger partial charge on any atom is 1.00 e. The largest absolute Gasteiger partial charge is 1.00 e. The number of rotatable bonds is 13. The van der Waals surface area contributed by atoms with Gasteiger partial charge in [-0.2, -0.15) is 0 Å². The normalized spacial score (nSPS) is 15.9. The van der Waals surface area contributed by atoms with Crippen LogP contribution in [0.15, 0.2) is 119 Å². The molecule has 0 saturated heterocycles. The van der Waals surface area contributed by atoms with Crippen LogP contribution in [0.25, 0.3) is 0 Å². The van der Waals surface area contributed by atoms with E-state index in [2.05, 4.69) is 123 Å². The van der Waals surface area contributed by atoms with Gasteiger partial charge in [0.15, 0.2) is 0 Å². The Morgan fingerprint density at radius 2 is 1.03 bits per heavy atom. The standard InChI is InChI=1S/C27H31NO4.C15H21Br.C12H11NO4.CH2O3.2Cs.H/c1-26(2)12-13-27(3,4)23-15-18(5-10-22(23)26)17-31-20-8-6-19(7-9-20)21(16-25(29)30)24-11-14-32-28-24;1-14(2)7-8-15(3,4)13-9-11(10-16)5-6-12(13)14;14-9-3-1-8(2-4-9)10(7-12(15)16)11-5-6-17-13-11;2-1-4-3;;;/h5-11,14-15,21H,12-13,16-17H2,1-4H3,(H,29,30);5-6,9H,7-8,10H2,1-4H3;1-6,10,14H,7H2,(H,15,16);1,3H;;;/q;;;;2*+1;-1/p-1. The number of phenols is 1. The number of fused-ring (bicyclic) bond motifs is 2. The molecule has 0 fully saturated rings. The van der Waals surface area contributed by atoms with Gasteiger partial charge in [-0.15, -0.1) is 0 Å². The van der Waals surface area contributed by atoms with Crippen molar-refractivity contribution in [3.63, 3.8) is 0 Å². The van der Waals surface area contributed by atoms with Gasteiger partial charge in [-0.05, 0) is 116 Å². The molecule has 0 saturated carbocycles. The molecule has 8 rings (SSSR count). The first kappa shape index (κ1) is 63.1. The number of carbonyl (C=O) groups is 3. The number of phenolic OH excluding ortho intramolecular Hbond substituents is 1. The summed E-state index contributed by atoms with van der Waals surface area (Å²) < 4.78 is 15.7. The second-order valence-corrected chi connectivity index (χ2v) is 20.8. The number of carboxylic acids is 2. The van der Waals surface area contributed by atoms with Crippen LogP contribution in [-0.4, -0.2) is 44.0 Å². The molecule has 6 aromatic rings. The number of aromatic nitrogens is 2. The van der Waals surface area contributed by atoms with Crippen molar-refractivity contribution in [1.29, 1.82) is 0 Å². The molecular formula is C55H65BrCs2N2O11. The molecule has 71 heavy (non-hydrogen) atoms. The van der Waals surface area contributed by atoms with E-state index in [1.807, 2.05) is 24.3 Å². The van der Waals surface area contributed by atoms with Crippen molar-refractivity contribution in [2.24, 2.45) is 0 Å². The number of aromatic hydroxyl groups is 1. The van der Waals surface area contributed by atoms with Crippen LogP contribution in [0.1, 0.15) is 163 Å². The predicted octanol–water partition coefficient (Wildman–Crippen LogP) is 5.68. The first-order valence-corrected chi connectivity index (χ1v) is 24.0. The number of hydrogen-bond acceptors (Lipinski definition) is 11. The Morgan fingerprint density at radius 3 is 1.39 bits per heavy atom. The van der Waals surface area contributed by atoms with E-state index in [0.29, 0.717) is 28.8 Å². The van der Waals surface area contributed by atoms with E-state index in [1.54, 1.807) is 35.4 Å². The SMILES string of the molecule is CC1(C)CCC(C)(C)c2cc(CBr)ccc21.CC1(C)CCC(C)(C)c2cc(COc3ccc(C(CC(=O)O)c4ccon4)cc3)ccc21.O=C(O)CC(c1ccc(O)cc1)c1ccon1.O=CO[O-].[Cs+].[Cs+].[H-]. The molecule has 2 atom stereocenters. The van der Waals surface area contributed by atoms with Crippen molar-refractivity contribution in [2.75, 3.05) is 0 Å². The molecule has 4 aromatic carbocycles. The van der Waals surface area contributed by atoms with Crippen LogP contribution in [0.3, 0.4) is 0 Å². The minimum absolute atomic E-state index is 0. The fourth-order valence-electron chi connectivity index (χ4n) is 9.05. The number of nitrogens with zero attached hydrogens (tertiary/aromatic N) is 2. The smallest absolute Gasteiger partial charge is 1.00 e. The van der Waals surface area contributed by atoms with Gasteiger partial charge >= 0.3 is 150 Å². The fraction of sp³-hybridized carbons (Fsp3) is 0.400. The molecule has 13 nitrogen and oxygen atoms in total. The maximum atomic E-state index is 11.3. The summed E-state index contributed by atoms with van der Waals surface area (Å²) in [5, 5.41) is 44.5. The zero-order valence-corrected chi connectivity index (χ0v) is 56.8. The Labute approximate surface area is 545 Å². The van der Waals surface area contributed by atoms with Gasteiger partial charge in [0.05, 0.1) is 24.2 Å². The Balaban J connectivity index is 0.000000377. The average molecular weight is 1280 g/mol. The quantitative estimate of drug-likeness (QED) is 0.0552. The van der Waals surface area contributed by atoms with Crippen molar-refractivity contribution in [3.8, 4) is 11.5 Å². The first-order valence-electron chi connectivity index (χ1n) is 22.9. The van der Waals surface area contributed by atoms with Crippen LogP contribution >= 0.6 is 15.9 Å². The second-order valence-electron chi connectivity index (χ2n) is 20.2. The van der Waals surface area contributed by atoms with Gasteiger partial charge < -0.3 is 40.7 Å². The van der Waals surface area contributed by atoms with Crippen LogP contribution in [0.5, 0.6) is 11.5 Å². The molecule has 2 aromatic heterocycles. The Hall–Kier alpha value is -2.15. The third-order valence-electron chi connectivity index (χ3n) is 13.4. The number of ether oxygens (including phenoxy) is 1. The van der Waals surface area contributed by atoms with Gasteiger partial charge in [0, 0.05) is 29.3 Å². The average Bonchev–Trinajstić information content (AvgIpc) is 4.07. The molecule has 2 aliphatic carbocycles. The molecule has 0 bridgehead atoms. The van der Waals surface area contributed by atoms with Crippen molar-refractivity contribution >= 4 is 34.3 Å². The Morgan fingerprint density at radius 1 is 0.648 bits per heavy atom. The summed E-state index contributed by atoms with van der Waals surface area (Å²) in [6.07, 6.45) is 7.71. The molecule has 0 aliphatic heterocycles.